The van der Waals surface area contributed by atoms with Crippen LogP contribution in [0.3, 0.4) is 0 Å². The van der Waals surface area contributed by atoms with E-state index >= 15 is 0 Å². The van der Waals surface area contributed by atoms with Crippen LogP contribution in [0.4, 0.5) is 4.39 Å². The molecule has 0 heterocycles. The van der Waals surface area contributed by atoms with Crippen LogP contribution in [-0.4, -0.2) is 23.7 Å². The van der Waals surface area contributed by atoms with Crippen LogP contribution in [-0.2, 0) is 22.6 Å². The molecule has 0 aliphatic heterocycles. The molecule has 6 heteroatoms. The van der Waals surface area contributed by atoms with E-state index in [0.717, 1.165) is 11.1 Å². The molecule has 0 saturated heterocycles. The van der Waals surface area contributed by atoms with Crippen molar-refractivity contribution in [3.63, 3.8) is 0 Å². The molecule has 0 aromatic heterocycles. The largest absolute Gasteiger partial charge is 0.460 e. The van der Waals surface area contributed by atoms with E-state index in [1.807, 2.05) is 36.4 Å². The maximum absolute atomic E-state index is 14.1. The van der Waals surface area contributed by atoms with Gasteiger partial charge < -0.3 is 15.6 Å². The predicted molar refractivity (Wildman–Crippen MR) is 125 cm³/mol. The molecular formula is C26H27ClFNO3. The van der Waals surface area contributed by atoms with Gasteiger partial charge in [-0.15, -0.1) is 0 Å². The highest BCUT2D eigenvalue weighted by Gasteiger charge is 2.36. The second-order valence-corrected chi connectivity index (χ2v) is 8.64. The van der Waals surface area contributed by atoms with Gasteiger partial charge in [-0.25, -0.2) is 4.39 Å². The number of hydrogen-bond acceptors (Lipinski definition) is 4. The zero-order valence-electron chi connectivity index (χ0n) is 17.9. The van der Waals surface area contributed by atoms with Gasteiger partial charge in [0.15, 0.2) is 0 Å². The lowest BCUT2D eigenvalue weighted by atomic mass is 9.83. The van der Waals surface area contributed by atoms with Crippen LogP contribution in [0.15, 0.2) is 72.8 Å². The topological polar surface area (TPSA) is 72.5 Å². The summed E-state index contributed by atoms with van der Waals surface area (Å²) in [6.45, 7) is 1.39. The molecule has 0 fully saturated rings. The molecule has 0 unspecified atom stereocenters. The fraction of sp³-hybridized carbons (Fsp3) is 0.269. The normalized spacial score (nSPS) is 13.9. The van der Waals surface area contributed by atoms with Gasteiger partial charge >= 0.3 is 5.97 Å². The number of esters is 1. The van der Waals surface area contributed by atoms with Crippen LogP contribution < -0.4 is 5.73 Å². The summed E-state index contributed by atoms with van der Waals surface area (Å²) in [5, 5.41) is 10.4. The van der Waals surface area contributed by atoms with Crippen molar-refractivity contribution < 1.29 is 19.0 Å². The molecule has 3 N–H and O–H groups in total. The Bertz CT molecular complexity index is 1060. The number of halogens is 2. The van der Waals surface area contributed by atoms with Gasteiger partial charge in [-0.3, -0.25) is 4.79 Å². The summed E-state index contributed by atoms with van der Waals surface area (Å²) in [7, 11) is 0. The Morgan fingerprint density at radius 2 is 1.81 bits per heavy atom. The van der Waals surface area contributed by atoms with Crippen LogP contribution in [0.5, 0.6) is 0 Å². The Morgan fingerprint density at radius 1 is 1.12 bits per heavy atom. The number of rotatable bonds is 9. The molecule has 0 aliphatic rings. The fourth-order valence-corrected chi connectivity index (χ4v) is 3.88. The molecule has 4 nitrogen and oxygen atoms in total. The van der Waals surface area contributed by atoms with Crippen LogP contribution >= 0.6 is 11.6 Å². The first-order valence-corrected chi connectivity index (χ1v) is 10.8. The van der Waals surface area contributed by atoms with Crippen molar-refractivity contribution in [1.82, 2.24) is 0 Å². The molecule has 3 aromatic rings. The van der Waals surface area contributed by atoms with Gasteiger partial charge in [-0.05, 0) is 48.6 Å². The first-order valence-electron chi connectivity index (χ1n) is 10.4. The minimum Gasteiger partial charge on any atom is -0.460 e. The van der Waals surface area contributed by atoms with E-state index in [4.69, 9.17) is 22.1 Å². The maximum atomic E-state index is 14.1. The standard InChI is InChI=1S/C26H27ClFNO3/c1-26(17-30,25(31)32-16-18-7-3-2-4-8-18)15-21(29)13-20-12-11-19(14-23(20)27)22-9-5-6-10-24(22)28/h2-12,14,21,30H,13,15-17,29H2,1H3/t21-,26-/m0/s1. The highest BCUT2D eigenvalue weighted by atomic mass is 35.5. The Labute approximate surface area is 192 Å². The van der Waals surface area contributed by atoms with Gasteiger partial charge in [-0.1, -0.05) is 72.3 Å². The maximum Gasteiger partial charge on any atom is 0.314 e. The Balaban J connectivity index is 1.64. The summed E-state index contributed by atoms with van der Waals surface area (Å²) in [5.41, 5.74) is 7.99. The van der Waals surface area contributed by atoms with Crippen molar-refractivity contribution in [2.75, 3.05) is 6.61 Å². The van der Waals surface area contributed by atoms with Gasteiger partial charge in [0.1, 0.15) is 12.4 Å². The number of hydrogen-bond donors (Lipinski definition) is 2. The SMILES string of the molecule is C[C@@](CO)(C[C@@H](N)Cc1ccc(-c2ccccc2F)cc1Cl)C(=O)OCc1ccccc1. The third kappa shape index (κ3) is 5.94. The van der Waals surface area contributed by atoms with E-state index in [1.165, 1.54) is 6.07 Å². The highest BCUT2D eigenvalue weighted by molar-refractivity contribution is 6.31. The highest BCUT2D eigenvalue weighted by Crippen LogP contribution is 2.30. The van der Waals surface area contributed by atoms with Gasteiger partial charge in [0.25, 0.3) is 0 Å². The molecule has 3 aromatic carbocycles. The predicted octanol–water partition coefficient (Wildman–Crippen LogP) is 5.15. The molecule has 0 saturated carbocycles. The molecular weight excluding hydrogens is 429 g/mol. The number of nitrogens with two attached hydrogens (primary N) is 1. The van der Waals surface area contributed by atoms with Crippen LogP contribution in [0.25, 0.3) is 11.1 Å². The molecule has 0 spiro atoms. The molecule has 0 bridgehead atoms. The van der Waals surface area contributed by atoms with Gasteiger partial charge in [0.2, 0.25) is 0 Å². The Morgan fingerprint density at radius 3 is 2.47 bits per heavy atom. The number of carbonyl (C=O) groups excluding carboxylic acids is 1. The second-order valence-electron chi connectivity index (χ2n) is 8.23. The van der Waals surface area contributed by atoms with E-state index in [2.05, 4.69) is 0 Å². The minimum atomic E-state index is -1.13. The number of carbonyl (C=O) groups is 1. The minimum absolute atomic E-state index is 0.133. The van der Waals surface area contributed by atoms with E-state index in [1.54, 1.807) is 37.3 Å². The molecule has 3 rings (SSSR count). The van der Waals surface area contributed by atoms with Crippen LogP contribution in [0.1, 0.15) is 24.5 Å². The summed E-state index contributed by atoms with van der Waals surface area (Å²) >= 11 is 6.44. The first-order chi connectivity index (χ1) is 15.3. The van der Waals surface area contributed by atoms with Crippen LogP contribution in [0, 0.1) is 11.2 Å². The van der Waals surface area contributed by atoms with Crippen molar-refractivity contribution in [1.29, 1.82) is 0 Å². The quantitative estimate of drug-likeness (QED) is 0.438. The van der Waals surface area contributed by atoms with Crippen molar-refractivity contribution in [3.05, 3.63) is 94.8 Å². The number of benzene rings is 3. The molecule has 0 radical (unpaired) electrons. The second kappa shape index (κ2) is 10.7. The summed E-state index contributed by atoms with van der Waals surface area (Å²) < 4.78 is 19.5. The zero-order chi connectivity index (χ0) is 23.1. The van der Waals surface area contributed by atoms with Crippen molar-refractivity contribution in [2.24, 2.45) is 11.1 Å². The summed E-state index contributed by atoms with van der Waals surface area (Å²) in [4.78, 5) is 12.7. The van der Waals surface area contributed by atoms with Gasteiger partial charge in [0, 0.05) is 16.6 Å². The molecule has 168 valence electrons. The first kappa shape index (κ1) is 23.9. The Kier molecular flexibility index (Phi) is 8.02. The number of aliphatic hydroxyl groups is 1. The van der Waals surface area contributed by atoms with Crippen molar-refractivity contribution in [2.45, 2.75) is 32.4 Å². The van der Waals surface area contributed by atoms with Crippen molar-refractivity contribution >= 4 is 17.6 Å². The van der Waals surface area contributed by atoms with E-state index in [0.29, 0.717) is 22.6 Å². The third-order valence-corrected chi connectivity index (χ3v) is 5.84. The molecule has 0 aliphatic carbocycles. The molecule has 32 heavy (non-hydrogen) atoms. The van der Waals surface area contributed by atoms with E-state index < -0.39 is 17.4 Å². The fourth-order valence-electron chi connectivity index (χ4n) is 3.62. The zero-order valence-corrected chi connectivity index (χ0v) is 18.7. The Hall–Kier alpha value is -2.73. The van der Waals surface area contributed by atoms with Crippen molar-refractivity contribution in [3.8, 4) is 11.1 Å². The average Bonchev–Trinajstić information content (AvgIpc) is 2.79. The summed E-state index contributed by atoms with van der Waals surface area (Å²) in [5.74, 6) is -0.818. The van der Waals surface area contributed by atoms with E-state index in [-0.39, 0.29) is 25.5 Å². The lowest BCUT2D eigenvalue weighted by Gasteiger charge is -2.28. The number of ether oxygens (including phenoxy) is 1. The van der Waals surface area contributed by atoms with Gasteiger partial charge in [-0.2, -0.15) is 0 Å². The lowest BCUT2D eigenvalue weighted by Crippen LogP contribution is -2.40. The van der Waals surface area contributed by atoms with E-state index in [9.17, 15) is 14.3 Å². The third-order valence-electron chi connectivity index (χ3n) is 5.49. The summed E-state index contributed by atoms with van der Waals surface area (Å²) in [6, 6.07) is 20.7. The lowest BCUT2D eigenvalue weighted by molar-refractivity contribution is -0.159. The van der Waals surface area contributed by atoms with Gasteiger partial charge in [0.05, 0.1) is 12.0 Å². The monoisotopic (exact) mass is 455 g/mol. The smallest absolute Gasteiger partial charge is 0.314 e. The number of aliphatic hydroxyl groups excluding tert-OH is 1. The van der Waals surface area contributed by atoms with Crippen LogP contribution in [0.2, 0.25) is 5.02 Å². The average molecular weight is 456 g/mol. The summed E-state index contributed by atoms with van der Waals surface area (Å²) in [6.07, 6.45) is 0.625. The molecule has 2 atom stereocenters. The molecule has 0 amide bonds.